The van der Waals surface area contributed by atoms with Crippen molar-refractivity contribution in [1.29, 1.82) is 0 Å². The van der Waals surface area contributed by atoms with Crippen molar-refractivity contribution in [2.75, 3.05) is 11.9 Å². The molecule has 9 heteroatoms. The van der Waals surface area contributed by atoms with Crippen LogP contribution in [0.15, 0.2) is 60.9 Å². The number of nitro groups is 1. The van der Waals surface area contributed by atoms with Gasteiger partial charge >= 0.3 is 0 Å². The molecule has 0 unspecified atom stereocenters. The Balaban J connectivity index is 2.19. The number of nitrogens with zero attached hydrogens (tertiary/aromatic N) is 4. The molecule has 2 heterocycles. The first-order chi connectivity index (χ1) is 13.9. The molecule has 0 saturated carbocycles. The number of aromatic nitrogens is 2. The second-order valence-electron chi connectivity index (χ2n) is 6.01. The van der Waals surface area contributed by atoms with Gasteiger partial charge in [0.1, 0.15) is 11.5 Å². The molecule has 1 aromatic carbocycles. The highest BCUT2D eigenvalue weighted by atomic mass is 16.6. The molecule has 0 saturated heterocycles. The second-order valence-corrected chi connectivity index (χ2v) is 6.01. The number of pyridine rings is 2. The smallest absolute Gasteiger partial charge is 0.292 e. The zero-order valence-corrected chi connectivity index (χ0v) is 15.7. The van der Waals surface area contributed by atoms with E-state index in [0.717, 1.165) is 0 Å². The lowest BCUT2D eigenvalue weighted by atomic mass is 10.0. The molecule has 9 nitrogen and oxygen atoms in total. The highest BCUT2D eigenvalue weighted by molar-refractivity contribution is 6.15. The summed E-state index contributed by atoms with van der Waals surface area (Å²) in [6.07, 6.45) is 2.85. The van der Waals surface area contributed by atoms with Crippen LogP contribution in [0.1, 0.15) is 26.4 Å². The number of nitrogens with one attached hydrogen (secondary N) is 1. The van der Waals surface area contributed by atoms with E-state index in [1.807, 2.05) is 0 Å². The van der Waals surface area contributed by atoms with Crippen LogP contribution < -0.4 is 10.2 Å². The van der Waals surface area contributed by atoms with E-state index in [9.17, 15) is 19.7 Å². The maximum absolute atomic E-state index is 13.5. The Morgan fingerprint density at radius 2 is 1.76 bits per heavy atom. The van der Waals surface area contributed by atoms with Crippen molar-refractivity contribution in [1.82, 2.24) is 15.3 Å². The summed E-state index contributed by atoms with van der Waals surface area (Å²) in [4.78, 5) is 45.9. The van der Waals surface area contributed by atoms with Crippen molar-refractivity contribution in [3.05, 3.63) is 87.9 Å². The molecule has 2 amide bonds. The third kappa shape index (κ3) is 3.93. The maximum atomic E-state index is 13.5. The fourth-order valence-electron chi connectivity index (χ4n) is 2.78. The summed E-state index contributed by atoms with van der Waals surface area (Å²) >= 11 is 0. The van der Waals surface area contributed by atoms with Crippen LogP contribution in [0.3, 0.4) is 0 Å². The standard InChI is InChI=1S/C20H17N5O4/c1-13-17(25(28)29)11-14(12-23-13)24(18-9-5-6-10-22-18)20(27)16-8-4-3-7-15(16)19(26)21-2/h3-12H,1-2H3,(H,21,26). The molecule has 3 rings (SSSR count). The van der Waals surface area contributed by atoms with E-state index in [1.54, 1.807) is 30.3 Å². The van der Waals surface area contributed by atoms with Gasteiger partial charge in [0.05, 0.1) is 27.9 Å². The van der Waals surface area contributed by atoms with Crippen molar-refractivity contribution in [2.45, 2.75) is 6.92 Å². The summed E-state index contributed by atoms with van der Waals surface area (Å²) in [5.41, 5.74) is 0.461. The molecular formula is C20H17N5O4. The first kappa shape index (κ1) is 19.6. The first-order valence-corrected chi connectivity index (χ1v) is 8.61. The Kier molecular flexibility index (Phi) is 5.59. The summed E-state index contributed by atoms with van der Waals surface area (Å²) in [5.74, 6) is -0.755. The predicted molar refractivity (Wildman–Crippen MR) is 106 cm³/mol. The monoisotopic (exact) mass is 391 g/mol. The Morgan fingerprint density at radius 3 is 2.38 bits per heavy atom. The molecule has 0 aliphatic carbocycles. The van der Waals surface area contributed by atoms with Crippen molar-refractivity contribution >= 4 is 29.0 Å². The van der Waals surface area contributed by atoms with Crippen LogP contribution in [-0.4, -0.2) is 33.8 Å². The number of carbonyl (C=O) groups excluding carboxylic acids is 2. The molecule has 0 bridgehead atoms. The average Bonchev–Trinajstić information content (AvgIpc) is 2.75. The molecule has 2 aromatic heterocycles. The highest BCUT2D eigenvalue weighted by Crippen LogP contribution is 2.30. The van der Waals surface area contributed by atoms with E-state index in [0.29, 0.717) is 0 Å². The van der Waals surface area contributed by atoms with E-state index in [4.69, 9.17) is 0 Å². The SMILES string of the molecule is CNC(=O)c1ccccc1C(=O)N(c1cnc(C)c([N+](=O)[O-])c1)c1ccccn1. The number of carbonyl (C=O) groups is 2. The number of hydrogen-bond donors (Lipinski definition) is 1. The topological polar surface area (TPSA) is 118 Å². The normalized spacial score (nSPS) is 10.3. The summed E-state index contributed by atoms with van der Waals surface area (Å²) in [6.45, 7) is 1.51. The van der Waals surface area contributed by atoms with Gasteiger partial charge in [-0.3, -0.25) is 29.6 Å². The minimum atomic E-state index is -0.567. The molecular weight excluding hydrogens is 374 g/mol. The number of rotatable bonds is 5. The summed E-state index contributed by atoms with van der Waals surface area (Å²) in [6, 6.07) is 12.5. The molecule has 0 aliphatic rings. The Labute approximate surface area is 166 Å². The molecule has 0 aliphatic heterocycles. The van der Waals surface area contributed by atoms with Crippen molar-refractivity contribution < 1.29 is 14.5 Å². The van der Waals surface area contributed by atoms with Crippen LogP contribution in [0, 0.1) is 17.0 Å². The van der Waals surface area contributed by atoms with Crippen molar-refractivity contribution in [2.24, 2.45) is 0 Å². The number of amides is 2. The van der Waals surface area contributed by atoms with E-state index < -0.39 is 16.7 Å². The first-order valence-electron chi connectivity index (χ1n) is 8.61. The van der Waals surface area contributed by atoms with Gasteiger partial charge in [0.2, 0.25) is 0 Å². The quantitative estimate of drug-likeness (QED) is 0.527. The number of hydrogen-bond acceptors (Lipinski definition) is 6. The van der Waals surface area contributed by atoms with Gasteiger partial charge < -0.3 is 5.32 Å². The van der Waals surface area contributed by atoms with Gasteiger partial charge in [0.25, 0.3) is 17.5 Å². The lowest BCUT2D eigenvalue weighted by Crippen LogP contribution is -2.30. The zero-order chi connectivity index (χ0) is 21.0. The van der Waals surface area contributed by atoms with Gasteiger partial charge in [-0.2, -0.15) is 0 Å². The molecule has 0 atom stereocenters. The fraction of sp³-hybridized carbons (Fsp3) is 0.100. The Bertz CT molecular complexity index is 1090. The maximum Gasteiger partial charge on any atom is 0.292 e. The number of benzene rings is 1. The third-order valence-corrected chi connectivity index (χ3v) is 4.21. The van der Waals surface area contributed by atoms with Gasteiger partial charge in [-0.15, -0.1) is 0 Å². The van der Waals surface area contributed by atoms with Crippen molar-refractivity contribution in [3.8, 4) is 0 Å². The van der Waals surface area contributed by atoms with Crippen LogP contribution in [0.4, 0.5) is 17.2 Å². The lowest BCUT2D eigenvalue weighted by Gasteiger charge is -2.22. The van der Waals surface area contributed by atoms with Gasteiger partial charge in [-0.1, -0.05) is 18.2 Å². The largest absolute Gasteiger partial charge is 0.355 e. The van der Waals surface area contributed by atoms with E-state index in [1.165, 1.54) is 49.5 Å². The molecule has 146 valence electrons. The average molecular weight is 391 g/mol. The van der Waals surface area contributed by atoms with Gasteiger partial charge in [-0.05, 0) is 31.2 Å². The molecule has 0 fully saturated rings. The fourth-order valence-corrected chi connectivity index (χ4v) is 2.78. The molecule has 29 heavy (non-hydrogen) atoms. The van der Waals surface area contributed by atoms with E-state index >= 15 is 0 Å². The van der Waals surface area contributed by atoms with Crippen LogP contribution in [0.2, 0.25) is 0 Å². The highest BCUT2D eigenvalue weighted by Gasteiger charge is 2.27. The summed E-state index contributed by atoms with van der Waals surface area (Å²) in [7, 11) is 1.47. The number of anilines is 2. The molecule has 0 radical (unpaired) electrons. The van der Waals surface area contributed by atoms with Crippen LogP contribution in [0.25, 0.3) is 0 Å². The van der Waals surface area contributed by atoms with E-state index in [-0.39, 0.29) is 34.0 Å². The van der Waals surface area contributed by atoms with Crippen LogP contribution >= 0.6 is 0 Å². The summed E-state index contributed by atoms with van der Waals surface area (Å²) in [5, 5.41) is 13.8. The predicted octanol–water partition coefficient (Wildman–Crippen LogP) is 3.03. The van der Waals surface area contributed by atoms with Crippen LogP contribution in [-0.2, 0) is 0 Å². The number of aryl methyl sites for hydroxylation is 1. The molecule has 3 aromatic rings. The van der Waals surface area contributed by atoms with Gasteiger partial charge in [0.15, 0.2) is 0 Å². The summed E-state index contributed by atoms with van der Waals surface area (Å²) < 4.78 is 0. The van der Waals surface area contributed by atoms with Crippen LogP contribution in [0.5, 0.6) is 0 Å². The van der Waals surface area contributed by atoms with E-state index in [2.05, 4.69) is 15.3 Å². The Hall–Kier alpha value is -4.14. The zero-order valence-electron chi connectivity index (χ0n) is 15.7. The lowest BCUT2D eigenvalue weighted by molar-refractivity contribution is -0.385. The van der Waals surface area contributed by atoms with Gasteiger partial charge in [0, 0.05) is 19.3 Å². The molecule has 1 N–H and O–H groups in total. The second kappa shape index (κ2) is 8.26. The van der Waals surface area contributed by atoms with Crippen molar-refractivity contribution in [3.63, 3.8) is 0 Å². The third-order valence-electron chi connectivity index (χ3n) is 4.21. The molecule has 0 spiro atoms. The van der Waals surface area contributed by atoms with Gasteiger partial charge in [-0.25, -0.2) is 4.98 Å². The minimum absolute atomic E-state index is 0.126. The minimum Gasteiger partial charge on any atom is -0.355 e. The Morgan fingerprint density at radius 1 is 1.07 bits per heavy atom.